The van der Waals surface area contributed by atoms with Crippen molar-refractivity contribution in [2.45, 2.75) is 13.0 Å². The van der Waals surface area contributed by atoms with E-state index in [1.165, 1.54) is 4.90 Å². The van der Waals surface area contributed by atoms with Gasteiger partial charge < -0.3 is 9.64 Å². The molecule has 0 radical (unpaired) electrons. The Kier molecular flexibility index (Phi) is 3.90. The summed E-state index contributed by atoms with van der Waals surface area (Å²) in [7, 11) is 3.33. The van der Waals surface area contributed by atoms with E-state index in [0.717, 1.165) is 0 Å². The molecule has 1 rings (SSSR count). The van der Waals surface area contributed by atoms with Crippen molar-refractivity contribution in [1.29, 1.82) is 5.26 Å². The molecule has 1 amide bonds. The van der Waals surface area contributed by atoms with Gasteiger partial charge in [-0.25, -0.2) is 0 Å². The molecule has 0 N–H and O–H groups in total. The molecular weight excluding hydrogens is 204 g/mol. The number of para-hydroxylation sites is 1. The van der Waals surface area contributed by atoms with Gasteiger partial charge in [-0.2, -0.15) is 5.26 Å². The van der Waals surface area contributed by atoms with Gasteiger partial charge in [0.1, 0.15) is 11.8 Å². The number of amides is 1. The summed E-state index contributed by atoms with van der Waals surface area (Å²) in [5, 5.41) is 8.85. The zero-order valence-electron chi connectivity index (χ0n) is 9.60. The number of nitrogens with zero attached hydrogens (tertiary/aromatic N) is 2. The van der Waals surface area contributed by atoms with E-state index in [1.54, 1.807) is 45.3 Å². The lowest BCUT2D eigenvalue weighted by Crippen LogP contribution is -2.35. The SMILES string of the molecule is C[C@H](Oc1ccccc1C#N)C(=O)N(C)C. The number of carbonyl (C=O) groups excluding carboxylic acids is 1. The van der Waals surface area contributed by atoms with Crippen LogP contribution < -0.4 is 4.74 Å². The minimum absolute atomic E-state index is 0.132. The average molecular weight is 218 g/mol. The van der Waals surface area contributed by atoms with Gasteiger partial charge in [0, 0.05) is 14.1 Å². The molecule has 0 aliphatic heterocycles. The number of benzene rings is 1. The van der Waals surface area contributed by atoms with Crippen molar-refractivity contribution in [3.8, 4) is 11.8 Å². The summed E-state index contributed by atoms with van der Waals surface area (Å²) in [5.41, 5.74) is 0.431. The summed E-state index contributed by atoms with van der Waals surface area (Å²) in [6.45, 7) is 1.66. The summed E-state index contributed by atoms with van der Waals surface area (Å²) < 4.78 is 5.45. The quantitative estimate of drug-likeness (QED) is 0.770. The van der Waals surface area contributed by atoms with Crippen molar-refractivity contribution in [3.05, 3.63) is 29.8 Å². The molecule has 0 aliphatic rings. The highest BCUT2D eigenvalue weighted by Gasteiger charge is 2.17. The van der Waals surface area contributed by atoms with Crippen LogP contribution in [-0.2, 0) is 4.79 Å². The third-order valence-corrected chi connectivity index (χ3v) is 2.10. The van der Waals surface area contributed by atoms with Crippen LogP contribution >= 0.6 is 0 Å². The Morgan fingerprint density at radius 2 is 2.06 bits per heavy atom. The predicted molar refractivity (Wildman–Crippen MR) is 59.9 cm³/mol. The predicted octanol–water partition coefficient (Wildman–Crippen LogP) is 1.41. The Labute approximate surface area is 95.0 Å². The number of hydrogen-bond acceptors (Lipinski definition) is 3. The van der Waals surface area contributed by atoms with Crippen LogP contribution in [0.15, 0.2) is 24.3 Å². The average Bonchev–Trinajstić information content (AvgIpc) is 2.28. The summed E-state index contributed by atoms with van der Waals surface area (Å²) in [6, 6.07) is 8.87. The van der Waals surface area contributed by atoms with Crippen molar-refractivity contribution in [1.82, 2.24) is 4.90 Å². The maximum atomic E-state index is 11.6. The van der Waals surface area contributed by atoms with Gasteiger partial charge in [0.25, 0.3) is 5.91 Å². The first-order chi connectivity index (χ1) is 7.56. The van der Waals surface area contributed by atoms with Gasteiger partial charge in [-0.3, -0.25) is 4.79 Å². The van der Waals surface area contributed by atoms with Crippen LogP contribution in [-0.4, -0.2) is 31.0 Å². The second kappa shape index (κ2) is 5.17. The highest BCUT2D eigenvalue weighted by Crippen LogP contribution is 2.18. The number of nitriles is 1. The molecule has 4 heteroatoms. The number of carbonyl (C=O) groups is 1. The van der Waals surface area contributed by atoms with Crippen molar-refractivity contribution in [2.24, 2.45) is 0 Å². The smallest absolute Gasteiger partial charge is 0.262 e. The molecule has 0 aromatic heterocycles. The zero-order valence-corrected chi connectivity index (χ0v) is 9.60. The maximum absolute atomic E-state index is 11.6. The number of likely N-dealkylation sites (N-methyl/N-ethyl adjacent to an activating group) is 1. The molecule has 0 fully saturated rings. The van der Waals surface area contributed by atoms with Gasteiger partial charge in [-0.05, 0) is 19.1 Å². The second-order valence-corrected chi connectivity index (χ2v) is 3.60. The molecule has 0 heterocycles. The molecule has 0 bridgehead atoms. The van der Waals surface area contributed by atoms with Crippen molar-refractivity contribution in [3.63, 3.8) is 0 Å². The standard InChI is InChI=1S/C12H14N2O2/c1-9(12(15)14(2)3)16-11-7-5-4-6-10(11)8-13/h4-7,9H,1-3H3/t9-/m0/s1. The van der Waals surface area contributed by atoms with Gasteiger partial charge in [0.05, 0.1) is 5.56 Å². The number of ether oxygens (including phenoxy) is 1. The van der Waals surface area contributed by atoms with E-state index in [-0.39, 0.29) is 5.91 Å². The van der Waals surface area contributed by atoms with E-state index in [1.807, 2.05) is 6.07 Å². The van der Waals surface area contributed by atoms with Crippen molar-refractivity contribution >= 4 is 5.91 Å². The Morgan fingerprint density at radius 1 is 1.44 bits per heavy atom. The lowest BCUT2D eigenvalue weighted by Gasteiger charge is -2.18. The van der Waals surface area contributed by atoms with Crippen LogP contribution in [0.2, 0.25) is 0 Å². The molecule has 0 saturated heterocycles. The fourth-order valence-corrected chi connectivity index (χ4v) is 1.27. The highest BCUT2D eigenvalue weighted by molar-refractivity contribution is 5.80. The minimum atomic E-state index is -0.593. The van der Waals surface area contributed by atoms with Gasteiger partial charge in [0.15, 0.2) is 6.10 Å². The van der Waals surface area contributed by atoms with Crippen LogP contribution in [0.4, 0.5) is 0 Å². The van der Waals surface area contributed by atoms with Crippen LogP contribution in [0, 0.1) is 11.3 Å². The van der Waals surface area contributed by atoms with Crippen LogP contribution in [0.1, 0.15) is 12.5 Å². The third kappa shape index (κ3) is 2.74. The maximum Gasteiger partial charge on any atom is 0.262 e. The van der Waals surface area contributed by atoms with Gasteiger partial charge in [-0.1, -0.05) is 12.1 Å². The molecule has 84 valence electrons. The molecule has 1 aromatic carbocycles. The molecule has 0 unspecified atom stereocenters. The number of hydrogen-bond donors (Lipinski definition) is 0. The van der Waals surface area contributed by atoms with Gasteiger partial charge in [0.2, 0.25) is 0 Å². The Balaban J connectivity index is 2.81. The fourth-order valence-electron chi connectivity index (χ4n) is 1.27. The van der Waals surface area contributed by atoms with Crippen LogP contribution in [0.5, 0.6) is 5.75 Å². The fraction of sp³-hybridized carbons (Fsp3) is 0.333. The molecule has 4 nitrogen and oxygen atoms in total. The Morgan fingerprint density at radius 3 is 2.62 bits per heavy atom. The first-order valence-corrected chi connectivity index (χ1v) is 4.93. The molecule has 1 atom stereocenters. The van der Waals surface area contributed by atoms with Crippen molar-refractivity contribution in [2.75, 3.05) is 14.1 Å². The highest BCUT2D eigenvalue weighted by atomic mass is 16.5. The van der Waals surface area contributed by atoms with E-state index in [9.17, 15) is 4.79 Å². The Bertz CT molecular complexity index is 421. The molecule has 16 heavy (non-hydrogen) atoms. The summed E-state index contributed by atoms with van der Waals surface area (Å²) >= 11 is 0. The topological polar surface area (TPSA) is 53.3 Å². The largest absolute Gasteiger partial charge is 0.480 e. The van der Waals surface area contributed by atoms with E-state index in [0.29, 0.717) is 11.3 Å². The first kappa shape index (κ1) is 12.1. The molecular formula is C12H14N2O2. The monoisotopic (exact) mass is 218 g/mol. The Hall–Kier alpha value is -2.02. The molecule has 0 aliphatic carbocycles. The second-order valence-electron chi connectivity index (χ2n) is 3.60. The number of rotatable bonds is 3. The summed E-state index contributed by atoms with van der Waals surface area (Å²) in [4.78, 5) is 13.0. The van der Waals surface area contributed by atoms with Gasteiger partial charge in [-0.15, -0.1) is 0 Å². The molecule has 0 spiro atoms. The van der Waals surface area contributed by atoms with Crippen LogP contribution in [0.25, 0.3) is 0 Å². The van der Waals surface area contributed by atoms with Crippen molar-refractivity contribution < 1.29 is 9.53 Å². The van der Waals surface area contributed by atoms with E-state index < -0.39 is 6.10 Å². The van der Waals surface area contributed by atoms with Gasteiger partial charge >= 0.3 is 0 Å². The van der Waals surface area contributed by atoms with E-state index in [2.05, 4.69) is 0 Å². The lowest BCUT2D eigenvalue weighted by molar-refractivity contribution is -0.135. The third-order valence-electron chi connectivity index (χ3n) is 2.10. The van der Waals surface area contributed by atoms with E-state index in [4.69, 9.17) is 10.00 Å². The van der Waals surface area contributed by atoms with Crippen LogP contribution in [0.3, 0.4) is 0 Å². The normalized spacial score (nSPS) is 11.4. The zero-order chi connectivity index (χ0) is 12.1. The van der Waals surface area contributed by atoms with E-state index >= 15 is 0 Å². The molecule has 1 aromatic rings. The molecule has 0 saturated carbocycles. The lowest BCUT2D eigenvalue weighted by atomic mass is 10.2. The summed E-state index contributed by atoms with van der Waals surface area (Å²) in [5.74, 6) is 0.306. The summed E-state index contributed by atoms with van der Waals surface area (Å²) in [6.07, 6.45) is -0.593. The minimum Gasteiger partial charge on any atom is -0.480 e. The first-order valence-electron chi connectivity index (χ1n) is 4.93.